The first kappa shape index (κ1) is 24.3. The number of nitrogens with zero attached hydrogens (tertiary/aromatic N) is 3. The Morgan fingerprint density at radius 1 is 1.21 bits per heavy atom. The predicted octanol–water partition coefficient (Wildman–Crippen LogP) is 2.88. The summed E-state index contributed by atoms with van der Waals surface area (Å²) in [5.74, 6) is 0.953. The number of aliphatic imine (C=N–C) groups is 1. The maximum absolute atomic E-state index is 12.3. The number of hydrogen-bond donors (Lipinski definition) is 1. The van der Waals surface area contributed by atoms with Crippen molar-refractivity contribution < 1.29 is 22.7 Å². The van der Waals surface area contributed by atoms with Crippen molar-refractivity contribution in [1.29, 1.82) is 0 Å². The smallest absolute Gasteiger partial charge is 0.422 e. The van der Waals surface area contributed by atoms with Crippen LogP contribution in [0.25, 0.3) is 0 Å². The van der Waals surface area contributed by atoms with Crippen molar-refractivity contribution in [3.05, 3.63) is 29.8 Å². The normalized spacial score (nSPS) is 15.1. The van der Waals surface area contributed by atoms with Gasteiger partial charge in [-0.2, -0.15) is 13.2 Å². The number of carbonyl (C=O) groups is 1. The zero-order valence-corrected chi connectivity index (χ0v) is 18.3. The van der Waals surface area contributed by atoms with Crippen molar-refractivity contribution in [3.63, 3.8) is 0 Å². The first-order valence-corrected chi connectivity index (χ1v) is 8.85. The molecule has 1 fully saturated rings. The van der Waals surface area contributed by atoms with Crippen LogP contribution in [0.2, 0.25) is 0 Å². The van der Waals surface area contributed by atoms with E-state index in [9.17, 15) is 18.0 Å². The summed E-state index contributed by atoms with van der Waals surface area (Å²) >= 11 is 0. The summed E-state index contributed by atoms with van der Waals surface area (Å²) in [7, 11) is 0. The van der Waals surface area contributed by atoms with Crippen LogP contribution in [0.5, 0.6) is 5.75 Å². The fourth-order valence-electron chi connectivity index (χ4n) is 2.72. The lowest BCUT2D eigenvalue weighted by Crippen LogP contribution is -2.53. The molecule has 1 aliphatic rings. The number of benzene rings is 1. The highest BCUT2D eigenvalue weighted by atomic mass is 127. The third-order valence-corrected chi connectivity index (χ3v) is 4.07. The Balaban J connectivity index is 0.00000392. The number of amides is 1. The Morgan fingerprint density at radius 3 is 2.43 bits per heavy atom. The van der Waals surface area contributed by atoms with Crippen molar-refractivity contribution in [2.45, 2.75) is 26.6 Å². The van der Waals surface area contributed by atoms with Crippen molar-refractivity contribution in [1.82, 2.24) is 15.1 Å². The average molecular weight is 514 g/mol. The Kier molecular flexibility index (Phi) is 9.83. The van der Waals surface area contributed by atoms with E-state index in [0.29, 0.717) is 39.3 Å². The third kappa shape index (κ3) is 8.11. The van der Waals surface area contributed by atoms with Gasteiger partial charge in [-0.15, -0.1) is 24.0 Å². The molecule has 0 saturated carbocycles. The van der Waals surface area contributed by atoms with Crippen molar-refractivity contribution >= 4 is 35.8 Å². The van der Waals surface area contributed by atoms with Gasteiger partial charge < -0.3 is 19.9 Å². The number of carbonyl (C=O) groups excluding carboxylic acids is 1. The SMILES string of the molecule is CCNC(=NCc1cccc(OCC(F)(F)F)c1)N1CCN(C(C)=O)CC1.I. The van der Waals surface area contributed by atoms with E-state index in [4.69, 9.17) is 4.74 Å². The maximum atomic E-state index is 12.3. The highest BCUT2D eigenvalue weighted by molar-refractivity contribution is 14.0. The summed E-state index contributed by atoms with van der Waals surface area (Å²) in [4.78, 5) is 19.9. The summed E-state index contributed by atoms with van der Waals surface area (Å²) in [6.45, 7) is 5.86. The fraction of sp³-hybridized carbons (Fsp3) is 0.556. The minimum Gasteiger partial charge on any atom is -0.484 e. The van der Waals surface area contributed by atoms with Gasteiger partial charge in [0.2, 0.25) is 5.91 Å². The fourth-order valence-corrected chi connectivity index (χ4v) is 2.72. The Labute approximate surface area is 180 Å². The molecule has 0 spiro atoms. The molecule has 0 radical (unpaired) electrons. The molecule has 1 heterocycles. The molecule has 0 unspecified atom stereocenters. The maximum Gasteiger partial charge on any atom is 0.422 e. The van der Waals surface area contributed by atoms with Crippen molar-refractivity contribution in [3.8, 4) is 5.75 Å². The largest absolute Gasteiger partial charge is 0.484 e. The van der Waals surface area contributed by atoms with Crippen LogP contribution in [-0.4, -0.2) is 67.2 Å². The van der Waals surface area contributed by atoms with Crippen LogP contribution >= 0.6 is 24.0 Å². The monoisotopic (exact) mass is 514 g/mol. The van der Waals surface area contributed by atoms with Gasteiger partial charge in [0.15, 0.2) is 12.6 Å². The molecule has 6 nitrogen and oxygen atoms in total. The molecular formula is C18H26F3IN4O2. The van der Waals surface area contributed by atoms with Gasteiger partial charge in [-0.05, 0) is 24.6 Å². The molecule has 2 rings (SSSR count). The van der Waals surface area contributed by atoms with E-state index in [1.54, 1.807) is 30.0 Å². The highest BCUT2D eigenvalue weighted by Crippen LogP contribution is 2.19. The van der Waals surface area contributed by atoms with Crippen LogP contribution in [0, 0.1) is 0 Å². The van der Waals surface area contributed by atoms with E-state index in [0.717, 1.165) is 11.5 Å². The van der Waals surface area contributed by atoms with Gasteiger partial charge in [0.1, 0.15) is 5.75 Å². The molecule has 0 aliphatic carbocycles. The second-order valence-corrected chi connectivity index (χ2v) is 6.21. The first-order chi connectivity index (χ1) is 12.8. The van der Waals surface area contributed by atoms with Crippen molar-refractivity contribution in [2.24, 2.45) is 4.99 Å². The lowest BCUT2D eigenvalue weighted by molar-refractivity contribution is -0.153. The topological polar surface area (TPSA) is 57.2 Å². The molecule has 1 N–H and O–H groups in total. The van der Waals surface area contributed by atoms with E-state index < -0.39 is 12.8 Å². The minimum atomic E-state index is -4.37. The molecule has 0 aromatic heterocycles. The quantitative estimate of drug-likeness (QED) is 0.373. The van der Waals surface area contributed by atoms with Gasteiger partial charge in [-0.25, -0.2) is 4.99 Å². The Bertz CT molecular complexity index is 662. The van der Waals surface area contributed by atoms with Crippen LogP contribution in [0.3, 0.4) is 0 Å². The molecule has 28 heavy (non-hydrogen) atoms. The lowest BCUT2D eigenvalue weighted by atomic mass is 10.2. The van der Waals surface area contributed by atoms with Crippen LogP contribution in [0.4, 0.5) is 13.2 Å². The number of ether oxygens (including phenoxy) is 1. The molecule has 158 valence electrons. The summed E-state index contributed by atoms with van der Waals surface area (Å²) in [6, 6.07) is 6.49. The van der Waals surface area contributed by atoms with Gasteiger partial charge in [0.25, 0.3) is 0 Å². The number of nitrogens with one attached hydrogen (secondary N) is 1. The van der Waals surface area contributed by atoms with Gasteiger partial charge >= 0.3 is 6.18 Å². The summed E-state index contributed by atoms with van der Waals surface area (Å²) in [5.41, 5.74) is 0.757. The van der Waals surface area contributed by atoms with Crippen LogP contribution < -0.4 is 10.1 Å². The second kappa shape index (κ2) is 11.3. The minimum absolute atomic E-state index is 0. The molecule has 10 heteroatoms. The van der Waals surface area contributed by atoms with Gasteiger partial charge in [-0.1, -0.05) is 12.1 Å². The molecule has 1 saturated heterocycles. The zero-order chi connectivity index (χ0) is 19.9. The number of halogens is 4. The Hall–Kier alpha value is -1.72. The first-order valence-electron chi connectivity index (χ1n) is 8.85. The molecule has 1 aromatic rings. The lowest BCUT2D eigenvalue weighted by Gasteiger charge is -2.36. The number of alkyl halides is 3. The second-order valence-electron chi connectivity index (χ2n) is 6.21. The highest BCUT2D eigenvalue weighted by Gasteiger charge is 2.28. The van der Waals surface area contributed by atoms with Crippen LogP contribution in [-0.2, 0) is 11.3 Å². The van der Waals surface area contributed by atoms with E-state index >= 15 is 0 Å². The summed E-state index contributed by atoms with van der Waals surface area (Å²) < 4.78 is 41.6. The molecular weight excluding hydrogens is 488 g/mol. The number of rotatable bonds is 5. The average Bonchev–Trinajstić information content (AvgIpc) is 2.63. The third-order valence-electron chi connectivity index (χ3n) is 4.07. The van der Waals surface area contributed by atoms with Crippen LogP contribution in [0.1, 0.15) is 19.4 Å². The van der Waals surface area contributed by atoms with E-state index in [-0.39, 0.29) is 35.6 Å². The summed E-state index contributed by atoms with van der Waals surface area (Å²) in [5, 5.41) is 3.22. The van der Waals surface area contributed by atoms with E-state index in [1.165, 1.54) is 6.07 Å². The number of hydrogen-bond acceptors (Lipinski definition) is 3. The molecule has 1 amide bonds. The predicted molar refractivity (Wildman–Crippen MR) is 112 cm³/mol. The molecule has 0 atom stereocenters. The van der Waals surface area contributed by atoms with Crippen molar-refractivity contribution in [2.75, 3.05) is 39.3 Å². The van der Waals surface area contributed by atoms with Gasteiger partial charge in [0, 0.05) is 39.6 Å². The zero-order valence-electron chi connectivity index (χ0n) is 16.0. The standard InChI is InChI=1S/C18H25F3N4O2.HI/c1-3-22-17(25-9-7-24(8-10-25)14(2)26)23-12-15-5-4-6-16(11-15)27-13-18(19,20)21;/h4-6,11H,3,7-10,12-13H2,1-2H3,(H,22,23);1H. The number of guanidine groups is 1. The van der Waals surface area contributed by atoms with Gasteiger partial charge in [0.05, 0.1) is 6.54 Å². The van der Waals surface area contributed by atoms with Crippen LogP contribution in [0.15, 0.2) is 29.3 Å². The Morgan fingerprint density at radius 2 is 1.86 bits per heavy atom. The molecule has 0 bridgehead atoms. The molecule has 1 aliphatic heterocycles. The van der Waals surface area contributed by atoms with E-state index in [2.05, 4.69) is 15.2 Å². The number of piperazine rings is 1. The van der Waals surface area contributed by atoms with E-state index in [1.807, 2.05) is 6.92 Å². The molecule has 1 aromatic carbocycles. The summed E-state index contributed by atoms with van der Waals surface area (Å²) in [6.07, 6.45) is -4.37. The van der Waals surface area contributed by atoms with Gasteiger partial charge in [-0.3, -0.25) is 4.79 Å².